The fourth-order valence-electron chi connectivity index (χ4n) is 3.76. The summed E-state index contributed by atoms with van der Waals surface area (Å²) in [4.78, 5) is 11.1. The molecule has 1 fully saturated rings. The first kappa shape index (κ1) is 20.0. The highest BCUT2D eigenvalue weighted by Crippen LogP contribution is 2.41. The van der Waals surface area contributed by atoms with Gasteiger partial charge in [-0.3, -0.25) is 9.89 Å². The number of H-pyrrole nitrogens is 1. The Labute approximate surface area is 174 Å². The smallest absolute Gasteiger partial charge is 0.304 e. The van der Waals surface area contributed by atoms with Crippen molar-refractivity contribution in [3.8, 4) is 17.6 Å². The maximum Gasteiger partial charge on any atom is 0.304 e. The summed E-state index contributed by atoms with van der Waals surface area (Å²) in [6.07, 6.45) is 2.80. The molecule has 154 valence electrons. The number of hydrogen-bond acceptors (Lipinski definition) is 3. The molecule has 0 spiro atoms. The number of aromatic nitrogens is 2. The van der Waals surface area contributed by atoms with E-state index in [2.05, 4.69) is 22.0 Å². The number of ether oxygens (including phenoxy) is 1. The fourth-order valence-corrected chi connectivity index (χ4v) is 3.76. The minimum absolute atomic E-state index is 0.0485. The van der Waals surface area contributed by atoms with Gasteiger partial charge in [0.15, 0.2) is 0 Å². The molecule has 6 heteroatoms. The lowest BCUT2D eigenvalue weighted by atomic mass is 9.96. The van der Waals surface area contributed by atoms with Gasteiger partial charge in [-0.05, 0) is 43.0 Å². The molecule has 1 saturated carbocycles. The molecule has 2 aromatic carbocycles. The molecular formula is C24H23FN2O3. The third-order valence-electron chi connectivity index (χ3n) is 5.42. The summed E-state index contributed by atoms with van der Waals surface area (Å²) in [5.74, 6) is 5.29. The van der Waals surface area contributed by atoms with Crippen molar-refractivity contribution in [2.45, 2.75) is 44.6 Å². The second-order valence-electron chi connectivity index (χ2n) is 7.68. The number of aliphatic carboxylic acids is 1. The number of carbonyl (C=O) groups is 1. The summed E-state index contributed by atoms with van der Waals surface area (Å²) in [5, 5.41) is 16.0. The largest absolute Gasteiger partial charge is 0.486 e. The second-order valence-corrected chi connectivity index (χ2v) is 7.68. The Morgan fingerprint density at radius 1 is 1.30 bits per heavy atom. The normalized spacial score (nSPS) is 15.3. The van der Waals surface area contributed by atoms with Crippen LogP contribution in [0.25, 0.3) is 10.9 Å². The summed E-state index contributed by atoms with van der Waals surface area (Å²) >= 11 is 0. The number of fused-ring (bicyclic) bond motifs is 1. The van der Waals surface area contributed by atoms with Crippen LogP contribution in [0, 0.1) is 23.7 Å². The van der Waals surface area contributed by atoms with E-state index in [1.54, 1.807) is 13.0 Å². The molecule has 0 amide bonds. The van der Waals surface area contributed by atoms with Crippen molar-refractivity contribution >= 4 is 16.9 Å². The topological polar surface area (TPSA) is 75.2 Å². The lowest BCUT2D eigenvalue weighted by Gasteiger charge is -2.21. The zero-order chi connectivity index (χ0) is 21.1. The van der Waals surface area contributed by atoms with Gasteiger partial charge in [0, 0.05) is 5.56 Å². The van der Waals surface area contributed by atoms with Gasteiger partial charge in [-0.15, -0.1) is 5.92 Å². The maximum atomic E-state index is 14.3. The maximum absolute atomic E-state index is 14.3. The van der Waals surface area contributed by atoms with E-state index in [4.69, 9.17) is 9.84 Å². The van der Waals surface area contributed by atoms with E-state index in [1.165, 1.54) is 0 Å². The minimum Gasteiger partial charge on any atom is -0.486 e. The van der Waals surface area contributed by atoms with Crippen molar-refractivity contribution in [2.24, 2.45) is 5.92 Å². The van der Waals surface area contributed by atoms with E-state index in [-0.39, 0.29) is 18.4 Å². The van der Waals surface area contributed by atoms with E-state index in [9.17, 15) is 9.18 Å². The summed E-state index contributed by atoms with van der Waals surface area (Å²) in [6, 6.07) is 12.9. The van der Waals surface area contributed by atoms with Crippen LogP contribution in [0.1, 0.15) is 55.8 Å². The quantitative estimate of drug-likeness (QED) is 0.504. The third-order valence-corrected chi connectivity index (χ3v) is 5.42. The number of nitrogens with one attached hydrogen (secondary N) is 1. The van der Waals surface area contributed by atoms with Crippen molar-refractivity contribution in [1.82, 2.24) is 10.2 Å². The Morgan fingerprint density at radius 3 is 2.73 bits per heavy atom. The van der Waals surface area contributed by atoms with Crippen molar-refractivity contribution < 1.29 is 19.0 Å². The summed E-state index contributed by atoms with van der Waals surface area (Å²) in [7, 11) is 0. The van der Waals surface area contributed by atoms with E-state index < -0.39 is 11.9 Å². The number of hydrogen-bond donors (Lipinski definition) is 2. The predicted octanol–water partition coefficient (Wildman–Crippen LogP) is 5.20. The average molecular weight is 406 g/mol. The van der Waals surface area contributed by atoms with Crippen LogP contribution >= 0.6 is 0 Å². The van der Waals surface area contributed by atoms with Crippen LogP contribution in [0.3, 0.4) is 0 Å². The minimum atomic E-state index is -0.886. The van der Waals surface area contributed by atoms with E-state index in [0.29, 0.717) is 22.6 Å². The van der Waals surface area contributed by atoms with Crippen LogP contribution in [0.5, 0.6) is 5.75 Å². The van der Waals surface area contributed by atoms with Gasteiger partial charge < -0.3 is 9.84 Å². The first-order chi connectivity index (χ1) is 14.5. The number of carboxylic acid groups (broad SMARTS) is 1. The molecule has 2 N–H and O–H groups in total. The second kappa shape index (κ2) is 8.58. The molecule has 1 heterocycles. The van der Waals surface area contributed by atoms with Gasteiger partial charge in [0.1, 0.15) is 11.9 Å². The number of halogens is 1. The number of nitrogens with zero attached hydrogens (tertiary/aromatic N) is 1. The standard InChI is InChI=1S/C24H23FN2O3/c1-2-4-17(14-22(28)29)16-9-11-18(12-10-16)30-21(13-15-7-8-15)19-5-3-6-20-23(19)24(25)27-26-20/h3,5-6,9-12,15,17,21H,7-8,13-14H2,1H3,(H,26,27)(H,28,29)/t17-,21-/m0/s1. The van der Waals surface area contributed by atoms with Crippen molar-refractivity contribution in [3.05, 3.63) is 59.5 Å². The van der Waals surface area contributed by atoms with Crippen LogP contribution in [0.2, 0.25) is 0 Å². The summed E-state index contributed by atoms with van der Waals surface area (Å²) in [6.45, 7) is 1.70. The zero-order valence-corrected chi connectivity index (χ0v) is 16.7. The summed E-state index contributed by atoms with van der Waals surface area (Å²) < 4.78 is 20.6. The molecule has 0 aliphatic heterocycles. The van der Waals surface area contributed by atoms with Gasteiger partial charge >= 0.3 is 5.97 Å². The number of benzene rings is 2. The average Bonchev–Trinajstić information content (AvgIpc) is 3.47. The van der Waals surface area contributed by atoms with Crippen LogP contribution in [-0.2, 0) is 4.79 Å². The number of carboxylic acids is 1. The van der Waals surface area contributed by atoms with Gasteiger partial charge in [0.2, 0.25) is 5.95 Å². The van der Waals surface area contributed by atoms with Crippen LogP contribution in [-0.4, -0.2) is 21.3 Å². The molecule has 30 heavy (non-hydrogen) atoms. The summed E-state index contributed by atoms with van der Waals surface area (Å²) in [5.41, 5.74) is 2.20. The first-order valence-electron chi connectivity index (χ1n) is 10.1. The lowest BCUT2D eigenvalue weighted by molar-refractivity contribution is -0.137. The number of aromatic amines is 1. The molecule has 4 rings (SSSR count). The van der Waals surface area contributed by atoms with Gasteiger partial charge in [0.25, 0.3) is 0 Å². The Bertz CT molecular complexity index is 1110. The Balaban J connectivity index is 1.60. The van der Waals surface area contributed by atoms with Crippen LogP contribution in [0.15, 0.2) is 42.5 Å². The van der Waals surface area contributed by atoms with Crippen LogP contribution < -0.4 is 4.74 Å². The molecular weight excluding hydrogens is 383 g/mol. The Hall–Kier alpha value is -3.33. The highest BCUT2D eigenvalue weighted by Gasteiger charge is 2.29. The van der Waals surface area contributed by atoms with E-state index in [0.717, 1.165) is 30.4 Å². The molecule has 1 aliphatic carbocycles. The highest BCUT2D eigenvalue weighted by atomic mass is 19.1. The molecule has 2 atom stereocenters. The molecule has 3 aromatic rings. The Kier molecular flexibility index (Phi) is 5.71. The van der Waals surface area contributed by atoms with Gasteiger partial charge in [-0.1, -0.05) is 43.0 Å². The monoisotopic (exact) mass is 406 g/mol. The molecule has 0 bridgehead atoms. The van der Waals surface area contributed by atoms with Gasteiger partial charge in [-0.25, -0.2) is 0 Å². The molecule has 5 nitrogen and oxygen atoms in total. The molecule has 0 radical (unpaired) electrons. The molecule has 1 aromatic heterocycles. The SMILES string of the molecule is CC#C[C@@H](CC(=O)O)c1ccc(O[C@@H](CC2CC2)c2cccc3n[nH]c(F)c23)cc1. The highest BCUT2D eigenvalue weighted by molar-refractivity contribution is 5.82. The fraction of sp³-hybridized carbons (Fsp3) is 0.333. The predicted molar refractivity (Wildman–Crippen MR) is 112 cm³/mol. The zero-order valence-electron chi connectivity index (χ0n) is 16.7. The molecule has 0 saturated heterocycles. The first-order valence-corrected chi connectivity index (χ1v) is 10.1. The molecule has 0 unspecified atom stereocenters. The van der Waals surface area contributed by atoms with E-state index in [1.807, 2.05) is 36.4 Å². The van der Waals surface area contributed by atoms with E-state index >= 15 is 0 Å². The van der Waals surface area contributed by atoms with Crippen molar-refractivity contribution in [2.75, 3.05) is 0 Å². The number of rotatable bonds is 8. The van der Waals surface area contributed by atoms with Crippen molar-refractivity contribution in [3.63, 3.8) is 0 Å². The van der Waals surface area contributed by atoms with Crippen molar-refractivity contribution in [1.29, 1.82) is 0 Å². The Morgan fingerprint density at radius 2 is 2.07 bits per heavy atom. The molecule has 1 aliphatic rings. The lowest BCUT2D eigenvalue weighted by Crippen LogP contribution is -2.10. The van der Waals surface area contributed by atoms with Gasteiger partial charge in [-0.2, -0.15) is 9.49 Å². The van der Waals surface area contributed by atoms with Gasteiger partial charge in [0.05, 0.1) is 23.2 Å². The third kappa shape index (κ3) is 4.46. The van der Waals surface area contributed by atoms with Crippen LogP contribution in [0.4, 0.5) is 4.39 Å².